The molecule has 0 atom stereocenters. The second-order valence-electron chi connectivity index (χ2n) is 5.49. The van der Waals surface area contributed by atoms with Gasteiger partial charge in [-0.25, -0.2) is 13.1 Å². The minimum atomic E-state index is -3.47. The molecular formula is C18H24N2O3S2. The first-order chi connectivity index (χ1) is 12.0. The molecular weight excluding hydrogens is 356 g/mol. The van der Waals surface area contributed by atoms with Crippen LogP contribution in [0.5, 0.6) is 0 Å². The number of hydrogen-bond acceptors (Lipinski definition) is 5. The fourth-order valence-corrected chi connectivity index (χ4v) is 3.66. The predicted molar refractivity (Wildman–Crippen MR) is 102 cm³/mol. The van der Waals surface area contributed by atoms with E-state index >= 15 is 0 Å². The first-order valence-electron chi connectivity index (χ1n) is 7.96. The molecule has 0 saturated heterocycles. The van der Waals surface area contributed by atoms with Gasteiger partial charge in [0.2, 0.25) is 10.0 Å². The monoisotopic (exact) mass is 380 g/mol. The molecule has 5 nitrogen and oxygen atoms in total. The number of nitrogens with one attached hydrogen (secondary N) is 2. The lowest BCUT2D eigenvalue weighted by molar-refractivity contribution is 0.204. The molecule has 0 amide bonds. The van der Waals surface area contributed by atoms with Crippen LogP contribution in [0.1, 0.15) is 11.1 Å². The molecule has 7 heteroatoms. The van der Waals surface area contributed by atoms with Gasteiger partial charge in [0, 0.05) is 31.6 Å². The zero-order valence-electron chi connectivity index (χ0n) is 14.5. The van der Waals surface area contributed by atoms with Gasteiger partial charge in [-0.15, -0.1) is 11.8 Å². The molecule has 2 aromatic carbocycles. The van der Waals surface area contributed by atoms with Gasteiger partial charge >= 0.3 is 0 Å². The summed E-state index contributed by atoms with van der Waals surface area (Å²) in [7, 11) is -1.94. The Morgan fingerprint density at radius 2 is 1.52 bits per heavy atom. The molecule has 0 aromatic heterocycles. The lowest BCUT2D eigenvalue weighted by atomic mass is 10.2. The predicted octanol–water partition coefficient (Wildman–Crippen LogP) is 2.62. The first kappa shape index (κ1) is 19.9. The lowest BCUT2D eigenvalue weighted by Gasteiger charge is -2.08. The SMILES string of the molecule is COCCNS(=O)(=O)c1ccc(CNCc2ccc(SC)cc2)cc1. The number of hydrogen-bond donors (Lipinski definition) is 2. The van der Waals surface area contributed by atoms with E-state index in [9.17, 15) is 8.42 Å². The molecule has 0 fully saturated rings. The Labute approximate surface area is 154 Å². The van der Waals surface area contributed by atoms with Crippen LogP contribution in [0.4, 0.5) is 0 Å². The van der Waals surface area contributed by atoms with Gasteiger partial charge in [-0.1, -0.05) is 24.3 Å². The van der Waals surface area contributed by atoms with Gasteiger partial charge in [-0.2, -0.15) is 0 Å². The number of sulfonamides is 1. The van der Waals surface area contributed by atoms with Crippen LogP contribution in [0.15, 0.2) is 58.3 Å². The summed E-state index contributed by atoms with van der Waals surface area (Å²) in [4.78, 5) is 1.51. The van der Waals surface area contributed by atoms with Crippen molar-refractivity contribution in [1.29, 1.82) is 0 Å². The van der Waals surface area contributed by atoms with Crippen LogP contribution >= 0.6 is 11.8 Å². The van der Waals surface area contributed by atoms with Crippen molar-refractivity contribution in [3.05, 3.63) is 59.7 Å². The van der Waals surface area contributed by atoms with E-state index in [1.54, 1.807) is 23.9 Å². The summed E-state index contributed by atoms with van der Waals surface area (Å²) in [6, 6.07) is 15.3. The third kappa shape index (κ3) is 6.45. The van der Waals surface area contributed by atoms with Gasteiger partial charge in [-0.05, 0) is 41.6 Å². The zero-order chi connectivity index (χ0) is 18.1. The number of ether oxygens (including phenoxy) is 1. The van der Waals surface area contributed by atoms with Crippen molar-refractivity contribution < 1.29 is 13.2 Å². The maximum atomic E-state index is 12.1. The van der Waals surface area contributed by atoms with Crippen LogP contribution in [-0.4, -0.2) is 34.9 Å². The van der Waals surface area contributed by atoms with Gasteiger partial charge in [-0.3, -0.25) is 0 Å². The van der Waals surface area contributed by atoms with Crippen LogP contribution in [0.3, 0.4) is 0 Å². The van der Waals surface area contributed by atoms with Crippen LogP contribution in [0.2, 0.25) is 0 Å². The van der Waals surface area contributed by atoms with Gasteiger partial charge in [0.05, 0.1) is 11.5 Å². The zero-order valence-corrected chi connectivity index (χ0v) is 16.1. The smallest absolute Gasteiger partial charge is 0.240 e. The molecule has 0 radical (unpaired) electrons. The van der Waals surface area contributed by atoms with E-state index in [4.69, 9.17) is 4.74 Å². The summed E-state index contributed by atoms with van der Waals surface area (Å²) in [6.07, 6.45) is 2.06. The van der Waals surface area contributed by atoms with E-state index in [-0.39, 0.29) is 11.4 Å². The molecule has 0 unspecified atom stereocenters. The van der Waals surface area contributed by atoms with Gasteiger partial charge in [0.25, 0.3) is 0 Å². The number of thioether (sulfide) groups is 1. The number of benzene rings is 2. The molecule has 2 rings (SSSR count). The molecule has 2 N–H and O–H groups in total. The van der Waals surface area contributed by atoms with Crippen LogP contribution in [0, 0.1) is 0 Å². The summed E-state index contributed by atoms with van der Waals surface area (Å²) in [5.41, 5.74) is 2.26. The standard InChI is InChI=1S/C18H24N2O3S2/c1-23-12-11-20-25(21,22)18-9-5-16(6-10-18)14-19-13-15-3-7-17(24-2)8-4-15/h3-10,19-20H,11-14H2,1-2H3. The second kappa shape index (κ2) is 9.94. The molecule has 0 spiro atoms. The summed E-state index contributed by atoms with van der Waals surface area (Å²) in [5.74, 6) is 0. The van der Waals surface area contributed by atoms with Crippen molar-refractivity contribution >= 4 is 21.8 Å². The van der Waals surface area contributed by atoms with E-state index < -0.39 is 10.0 Å². The van der Waals surface area contributed by atoms with Gasteiger partial charge in [0.1, 0.15) is 0 Å². The molecule has 0 heterocycles. The van der Waals surface area contributed by atoms with E-state index in [2.05, 4.69) is 40.6 Å². The highest BCUT2D eigenvalue weighted by Gasteiger charge is 2.12. The Kier molecular flexibility index (Phi) is 7.92. The van der Waals surface area contributed by atoms with Crippen molar-refractivity contribution in [3.63, 3.8) is 0 Å². The highest BCUT2D eigenvalue weighted by atomic mass is 32.2. The molecule has 0 aliphatic carbocycles. The van der Waals surface area contributed by atoms with Gasteiger partial charge < -0.3 is 10.1 Å². The van der Waals surface area contributed by atoms with Crippen molar-refractivity contribution in [1.82, 2.24) is 10.0 Å². The van der Waals surface area contributed by atoms with E-state index in [0.717, 1.165) is 12.1 Å². The minimum Gasteiger partial charge on any atom is -0.383 e. The average Bonchev–Trinajstić information content (AvgIpc) is 2.63. The molecule has 0 aliphatic heterocycles. The quantitative estimate of drug-likeness (QED) is 0.490. The maximum Gasteiger partial charge on any atom is 0.240 e. The molecule has 0 bridgehead atoms. The molecule has 0 saturated carbocycles. The van der Waals surface area contributed by atoms with E-state index in [0.29, 0.717) is 13.2 Å². The first-order valence-corrected chi connectivity index (χ1v) is 10.7. The number of methoxy groups -OCH3 is 1. The number of rotatable bonds is 10. The second-order valence-corrected chi connectivity index (χ2v) is 8.13. The molecule has 25 heavy (non-hydrogen) atoms. The molecule has 2 aromatic rings. The van der Waals surface area contributed by atoms with Crippen LogP contribution in [-0.2, 0) is 27.8 Å². The molecule has 0 aliphatic rings. The van der Waals surface area contributed by atoms with Crippen molar-refractivity contribution in [2.75, 3.05) is 26.5 Å². The third-order valence-electron chi connectivity index (χ3n) is 3.65. The van der Waals surface area contributed by atoms with Crippen molar-refractivity contribution in [2.45, 2.75) is 22.9 Å². The van der Waals surface area contributed by atoms with Gasteiger partial charge in [0.15, 0.2) is 0 Å². The highest BCUT2D eigenvalue weighted by Crippen LogP contribution is 2.15. The Morgan fingerprint density at radius 3 is 2.04 bits per heavy atom. The lowest BCUT2D eigenvalue weighted by Crippen LogP contribution is -2.27. The van der Waals surface area contributed by atoms with E-state index in [1.807, 2.05) is 12.1 Å². The Morgan fingerprint density at radius 1 is 0.960 bits per heavy atom. The van der Waals surface area contributed by atoms with E-state index in [1.165, 1.54) is 17.6 Å². The summed E-state index contributed by atoms with van der Waals surface area (Å²) in [5, 5.41) is 3.37. The summed E-state index contributed by atoms with van der Waals surface area (Å²) >= 11 is 1.73. The largest absolute Gasteiger partial charge is 0.383 e. The normalized spacial score (nSPS) is 11.6. The van der Waals surface area contributed by atoms with Crippen LogP contribution < -0.4 is 10.0 Å². The fourth-order valence-electron chi connectivity index (χ4n) is 2.24. The summed E-state index contributed by atoms with van der Waals surface area (Å²) < 4.78 is 31.5. The van der Waals surface area contributed by atoms with Crippen LogP contribution in [0.25, 0.3) is 0 Å². The van der Waals surface area contributed by atoms with Crippen molar-refractivity contribution in [2.24, 2.45) is 0 Å². The highest BCUT2D eigenvalue weighted by molar-refractivity contribution is 7.98. The minimum absolute atomic E-state index is 0.261. The third-order valence-corrected chi connectivity index (χ3v) is 5.87. The Balaban J connectivity index is 1.85. The fraction of sp³-hybridized carbons (Fsp3) is 0.333. The Bertz CT molecular complexity index is 745. The topological polar surface area (TPSA) is 67.4 Å². The Hall–Kier alpha value is -1.38. The average molecular weight is 381 g/mol. The van der Waals surface area contributed by atoms with Crippen molar-refractivity contribution in [3.8, 4) is 0 Å². The molecule has 136 valence electrons. The summed E-state index contributed by atoms with van der Waals surface area (Å²) in [6.45, 7) is 2.06. The maximum absolute atomic E-state index is 12.1.